The molecule has 10 heavy (non-hydrogen) atoms. The first kappa shape index (κ1) is 9.41. The fraction of sp³-hybridized carbons (Fsp3) is 0.857. The minimum absolute atomic E-state index is 0.0860. The molecule has 1 atom stereocenters. The molecule has 0 aromatic carbocycles. The van der Waals surface area contributed by atoms with Crippen LogP contribution in [0.1, 0.15) is 13.8 Å². The highest BCUT2D eigenvalue weighted by Crippen LogP contribution is 1.94. The Kier molecular flexibility index (Phi) is 4.91. The third-order valence-corrected chi connectivity index (χ3v) is 1.53. The largest absolute Gasteiger partial charge is 0.395 e. The van der Waals surface area contributed by atoms with Gasteiger partial charge in [0.25, 0.3) is 0 Å². The van der Waals surface area contributed by atoms with Crippen molar-refractivity contribution in [3.8, 4) is 6.07 Å². The maximum absolute atomic E-state index is 8.56. The van der Waals surface area contributed by atoms with E-state index in [0.717, 1.165) is 6.54 Å². The molecule has 0 saturated heterocycles. The summed E-state index contributed by atoms with van der Waals surface area (Å²) in [6, 6.07) is 2.03. The normalized spacial score (nSPS) is 13.1. The van der Waals surface area contributed by atoms with E-state index in [9.17, 15) is 0 Å². The topological polar surface area (TPSA) is 47.3 Å². The van der Waals surface area contributed by atoms with Gasteiger partial charge in [-0.3, -0.25) is 4.90 Å². The number of aliphatic hydroxyl groups is 1. The summed E-state index contributed by atoms with van der Waals surface area (Å²) in [6.45, 7) is 5.34. The van der Waals surface area contributed by atoms with E-state index in [-0.39, 0.29) is 12.6 Å². The van der Waals surface area contributed by atoms with E-state index in [0.29, 0.717) is 6.54 Å². The van der Waals surface area contributed by atoms with Crippen LogP contribution in [0.2, 0.25) is 0 Å². The van der Waals surface area contributed by atoms with E-state index in [2.05, 4.69) is 6.07 Å². The Hall–Kier alpha value is -0.590. The minimum atomic E-state index is -0.0860. The zero-order valence-corrected chi connectivity index (χ0v) is 6.54. The molecule has 3 heteroatoms. The molecular weight excluding hydrogens is 128 g/mol. The standard InChI is InChI=1S/C7H14N2O/c1-3-9(4-5-10)7(2)6-8/h7,10H,3-5H2,1-2H3. The van der Waals surface area contributed by atoms with Crippen LogP contribution in [0.4, 0.5) is 0 Å². The first-order chi connectivity index (χ1) is 4.76. The molecule has 0 aliphatic carbocycles. The lowest BCUT2D eigenvalue weighted by molar-refractivity contribution is 0.186. The molecular formula is C7H14N2O. The van der Waals surface area contributed by atoms with Gasteiger partial charge in [0, 0.05) is 6.54 Å². The fourth-order valence-corrected chi connectivity index (χ4v) is 0.836. The van der Waals surface area contributed by atoms with E-state index in [1.54, 1.807) is 0 Å². The summed E-state index contributed by atoms with van der Waals surface area (Å²) in [7, 11) is 0. The predicted molar refractivity (Wildman–Crippen MR) is 39.4 cm³/mol. The lowest BCUT2D eigenvalue weighted by Crippen LogP contribution is -2.34. The van der Waals surface area contributed by atoms with Gasteiger partial charge in [-0.25, -0.2) is 0 Å². The Morgan fingerprint density at radius 2 is 2.30 bits per heavy atom. The molecule has 1 N–H and O–H groups in total. The van der Waals surface area contributed by atoms with Crippen LogP contribution in [0.5, 0.6) is 0 Å². The lowest BCUT2D eigenvalue weighted by Gasteiger charge is -2.20. The van der Waals surface area contributed by atoms with Gasteiger partial charge in [-0.15, -0.1) is 0 Å². The number of aliphatic hydroxyl groups excluding tert-OH is 1. The molecule has 0 spiro atoms. The Labute approximate surface area is 61.9 Å². The number of nitriles is 1. The van der Waals surface area contributed by atoms with Crippen LogP contribution in [0.15, 0.2) is 0 Å². The summed E-state index contributed by atoms with van der Waals surface area (Å²) >= 11 is 0. The van der Waals surface area contributed by atoms with Crippen LogP contribution >= 0.6 is 0 Å². The number of rotatable bonds is 4. The van der Waals surface area contributed by atoms with Crippen LogP contribution in [-0.2, 0) is 0 Å². The van der Waals surface area contributed by atoms with Gasteiger partial charge in [0.05, 0.1) is 18.7 Å². The summed E-state index contributed by atoms with van der Waals surface area (Å²) in [6.07, 6.45) is 0. The molecule has 3 nitrogen and oxygen atoms in total. The van der Waals surface area contributed by atoms with E-state index in [1.807, 2.05) is 18.7 Å². The van der Waals surface area contributed by atoms with Gasteiger partial charge >= 0.3 is 0 Å². The smallest absolute Gasteiger partial charge is 0.0950 e. The van der Waals surface area contributed by atoms with Gasteiger partial charge in [0.15, 0.2) is 0 Å². The fourth-order valence-electron chi connectivity index (χ4n) is 0.836. The lowest BCUT2D eigenvalue weighted by atomic mass is 10.3. The summed E-state index contributed by atoms with van der Waals surface area (Å²) in [4.78, 5) is 1.92. The molecule has 0 aromatic heterocycles. The summed E-state index contributed by atoms with van der Waals surface area (Å²) in [5, 5.41) is 17.1. The average molecular weight is 142 g/mol. The van der Waals surface area contributed by atoms with Crippen molar-refractivity contribution in [2.24, 2.45) is 0 Å². The highest BCUT2D eigenvalue weighted by molar-refractivity contribution is 4.87. The van der Waals surface area contributed by atoms with Crippen molar-refractivity contribution in [3.63, 3.8) is 0 Å². The van der Waals surface area contributed by atoms with Crippen molar-refractivity contribution in [1.29, 1.82) is 5.26 Å². The number of hydrogen-bond donors (Lipinski definition) is 1. The third kappa shape index (κ3) is 2.81. The second-order valence-electron chi connectivity index (χ2n) is 2.16. The van der Waals surface area contributed by atoms with Gasteiger partial charge in [-0.1, -0.05) is 6.92 Å². The number of nitrogens with zero attached hydrogens (tertiary/aromatic N) is 2. The Balaban J connectivity index is 3.71. The molecule has 0 rings (SSSR count). The van der Waals surface area contributed by atoms with Gasteiger partial charge in [-0.05, 0) is 13.5 Å². The third-order valence-electron chi connectivity index (χ3n) is 1.53. The van der Waals surface area contributed by atoms with Gasteiger partial charge in [0.1, 0.15) is 0 Å². The first-order valence-corrected chi connectivity index (χ1v) is 3.50. The second kappa shape index (κ2) is 5.21. The minimum Gasteiger partial charge on any atom is -0.395 e. The number of hydrogen-bond acceptors (Lipinski definition) is 3. The van der Waals surface area contributed by atoms with Crippen molar-refractivity contribution >= 4 is 0 Å². The van der Waals surface area contributed by atoms with Crippen molar-refractivity contribution in [3.05, 3.63) is 0 Å². The van der Waals surface area contributed by atoms with Crippen molar-refractivity contribution in [1.82, 2.24) is 4.90 Å². The van der Waals surface area contributed by atoms with E-state index >= 15 is 0 Å². The highest BCUT2D eigenvalue weighted by Gasteiger charge is 2.08. The molecule has 0 heterocycles. The van der Waals surface area contributed by atoms with Crippen LogP contribution in [0.25, 0.3) is 0 Å². The van der Waals surface area contributed by atoms with E-state index in [1.165, 1.54) is 0 Å². The molecule has 0 aromatic rings. The Morgan fingerprint density at radius 3 is 2.60 bits per heavy atom. The molecule has 0 radical (unpaired) electrons. The molecule has 0 fully saturated rings. The quantitative estimate of drug-likeness (QED) is 0.610. The second-order valence-corrected chi connectivity index (χ2v) is 2.16. The Bertz CT molecular complexity index is 119. The average Bonchev–Trinajstić information content (AvgIpc) is 1.99. The van der Waals surface area contributed by atoms with Crippen LogP contribution in [0.3, 0.4) is 0 Å². The zero-order chi connectivity index (χ0) is 7.98. The molecule has 0 aliphatic heterocycles. The van der Waals surface area contributed by atoms with E-state index in [4.69, 9.17) is 10.4 Å². The summed E-state index contributed by atoms with van der Waals surface area (Å²) in [5.74, 6) is 0. The first-order valence-electron chi connectivity index (χ1n) is 3.50. The summed E-state index contributed by atoms with van der Waals surface area (Å²) in [5.41, 5.74) is 0. The predicted octanol–water partition coefficient (Wildman–Crippen LogP) is 0.213. The van der Waals surface area contributed by atoms with Gasteiger partial charge in [-0.2, -0.15) is 5.26 Å². The SMILES string of the molecule is CCN(CCO)C(C)C#N. The van der Waals surface area contributed by atoms with Crippen LogP contribution in [-0.4, -0.2) is 35.7 Å². The molecule has 58 valence electrons. The van der Waals surface area contributed by atoms with Crippen molar-refractivity contribution in [2.45, 2.75) is 19.9 Å². The molecule has 0 aliphatic rings. The molecule has 1 unspecified atom stereocenters. The summed E-state index contributed by atoms with van der Waals surface area (Å²) < 4.78 is 0. The van der Waals surface area contributed by atoms with Gasteiger partial charge in [0.2, 0.25) is 0 Å². The Morgan fingerprint density at radius 1 is 1.70 bits per heavy atom. The molecule has 0 bridgehead atoms. The molecule has 0 saturated carbocycles. The van der Waals surface area contributed by atoms with Crippen LogP contribution in [0, 0.1) is 11.3 Å². The van der Waals surface area contributed by atoms with Crippen molar-refractivity contribution in [2.75, 3.05) is 19.7 Å². The maximum atomic E-state index is 8.56. The van der Waals surface area contributed by atoms with Crippen molar-refractivity contribution < 1.29 is 5.11 Å². The zero-order valence-electron chi connectivity index (χ0n) is 6.54. The monoisotopic (exact) mass is 142 g/mol. The molecule has 0 amide bonds. The van der Waals surface area contributed by atoms with Gasteiger partial charge < -0.3 is 5.11 Å². The highest BCUT2D eigenvalue weighted by atomic mass is 16.3. The number of likely N-dealkylation sites (N-methyl/N-ethyl adjacent to an activating group) is 1. The van der Waals surface area contributed by atoms with Crippen LogP contribution < -0.4 is 0 Å². The van der Waals surface area contributed by atoms with E-state index < -0.39 is 0 Å². The maximum Gasteiger partial charge on any atom is 0.0950 e.